The van der Waals surface area contributed by atoms with Gasteiger partial charge in [0, 0.05) is 9.49 Å². The highest BCUT2D eigenvalue weighted by Crippen LogP contribution is 2.47. The highest BCUT2D eigenvalue weighted by atomic mass is 33.1. The second-order valence-electron chi connectivity index (χ2n) is 6.60. The number of unbranched alkanes of at least 4 members (excludes halogenated alkanes) is 4. The van der Waals surface area contributed by atoms with Gasteiger partial charge in [-0.15, -0.1) is 0 Å². The lowest BCUT2D eigenvalue weighted by atomic mass is 10.0. The van der Waals surface area contributed by atoms with Crippen molar-refractivity contribution >= 4 is 21.6 Å². The minimum absolute atomic E-state index is 0.432. The molecule has 0 aliphatic heterocycles. The molecule has 0 spiro atoms. The van der Waals surface area contributed by atoms with Gasteiger partial charge in [0.15, 0.2) is 0 Å². The van der Waals surface area contributed by atoms with E-state index in [1.165, 1.54) is 51.4 Å². The summed E-state index contributed by atoms with van der Waals surface area (Å²) in [6.45, 7) is 14.2. The van der Waals surface area contributed by atoms with Crippen molar-refractivity contribution in [2.45, 2.75) is 102 Å². The summed E-state index contributed by atoms with van der Waals surface area (Å²) in [4.78, 5) is 0. The van der Waals surface area contributed by atoms with Crippen molar-refractivity contribution in [3.05, 3.63) is 0 Å². The van der Waals surface area contributed by atoms with Crippen LogP contribution in [0, 0.1) is 0 Å². The molecule has 0 N–H and O–H groups in total. The van der Waals surface area contributed by atoms with E-state index in [1.54, 1.807) is 0 Å². The Morgan fingerprint density at radius 2 is 0.944 bits per heavy atom. The van der Waals surface area contributed by atoms with E-state index in [1.807, 2.05) is 0 Å². The van der Waals surface area contributed by atoms with Gasteiger partial charge in [-0.05, 0) is 40.5 Å². The largest absolute Gasteiger partial charge is 0.0873 e. The fourth-order valence-electron chi connectivity index (χ4n) is 1.91. The Balaban J connectivity index is 3.88. The summed E-state index contributed by atoms with van der Waals surface area (Å²) in [5, 5.41) is 0. The van der Waals surface area contributed by atoms with Crippen molar-refractivity contribution in [2.75, 3.05) is 0 Å². The summed E-state index contributed by atoms with van der Waals surface area (Å²) in [5.74, 6) is 0. The van der Waals surface area contributed by atoms with Crippen LogP contribution in [0.4, 0.5) is 0 Å². The van der Waals surface area contributed by atoms with E-state index in [4.69, 9.17) is 0 Å². The highest BCUT2D eigenvalue weighted by molar-refractivity contribution is 8.77. The molecule has 0 saturated heterocycles. The normalized spacial score (nSPS) is 13.0. The Labute approximate surface area is 124 Å². The molecule has 0 aromatic rings. The standard InChI is InChI=1S/C16H34S2/c1-7-9-11-13-15(3,4)17-18-16(5,6)14-12-10-8-2/h7-14H2,1-6H3. The lowest BCUT2D eigenvalue weighted by molar-refractivity contribution is 0.570. The van der Waals surface area contributed by atoms with Gasteiger partial charge in [-0.1, -0.05) is 74.0 Å². The Morgan fingerprint density at radius 1 is 0.611 bits per heavy atom. The Kier molecular flexibility index (Phi) is 9.95. The third-order valence-corrected chi connectivity index (χ3v) is 7.61. The summed E-state index contributed by atoms with van der Waals surface area (Å²) in [6, 6.07) is 0. The molecular formula is C16H34S2. The second kappa shape index (κ2) is 9.58. The Bertz CT molecular complexity index is 175. The molecule has 0 aliphatic carbocycles. The molecule has 0 heterocycles. The van der Waals surface area contributed by atoms with Crippen molar-refractivity contribution in [1.82, 2.24) is 0 Å². The van der Waals surface area contributed by atoms with Gasteiger partial charge in [0.2, 0.25) is 0 Å². The maximum absolute atomic E-state index is 2.41. The maximum Gasteiger partial charge on any atom is 0.0207 e. The molecule has 0 rings (SSSR count). The van der Waals surface area contributed by atoms with Crippen molar-refractivity contribution in [2.24, 2.45) is 0 Å². The van der Waals surface area contributed by atoms with E-state index in [0.29, 0.717) is 9.49 Å². The highest BCUT2D eigenvalue weighted by Gasteiger charge is 2.25. The fraction of sp³-hybridized carbons (Fsp3) is 1.00. The number of hydrogen-bond acceptors (Lipinski definition) is 2. The third kappa shape index (κ3) is 10.6. The van der Waals surface area contributed by atoms with E-state index < -0.39 is 0 Å². The molecule has 110 valence electrons. The number of rotatable bonds is 11. The first-order valence-corrected chi connectivity index (χ1v) is 9.85. The molecule has 0 bridgehead atoms. The Hall–Kier alpha value is 0.700. The summed E-state index contributed by atoms with van der Waals surface area (Å²) < 4.78 is 0.865. The predicted molar refractivity (Wildman–Crippen MR) is 91.6 cm³/mol. The first-order valence-electron chi connectivity index (χ1n) is 7.70. The molecule has 0 unspecified atom stereocenters. The van der Waals surface area contributed by atoms with Crippen LogP contribution in [0.3, 0.4) is 0 Å². The summed E-state index contributed by atoms with van der Waals surface area (Å²) in [5.41, 5.74) is 0. The van der Waals surface area contributed by atoms with Gasteiger partial charge in [-0.25, -0.2) is 0 Å². The zero-order valence-electron chi connectivity index (χ0n) is 13.5. The van der Waals surface area contributed by atoms with Crippen molar-refractivity contribution in [1.29, 1.82) is 0 Å². The van der Waals surface area contributed by atoms with Gasteiger partial charge in [0.05, 0.1) is 0 Å². The molecular weight excluding hydrogens is 256 g/mol. The molecule has 0 aromatic heterocycles. The molecule has 0 radical (unpaired) electrons. The van der Waals surface area contributed by atoms with Gasteiger partial charge < -0.3 is 0 Å². The minimum atomic E-state index is 0.432. The lowest BCUT2D eigenvalue weighted by Gasteiger charge is -2.30. The van der Waals surface area contributed by atoms with E-state index in [-0.39, 0.29) is 0 Å². The van der Waals surface area contributed by atoms with Gasteiger partial charge in [0.25, 0.3) is 0 Å². The van der Waals surface area contributed by atoms with E-state index in [0.717, 1.165) is 0 Å². The van der Waals surface area contributed by atoms with Crippen LogP contribution >= 0.6 is 21.6 Å². The molecule has 0 nitrogen and oxygen atoms in total. The lowest BCUT2D eigenvalue weighted by Crippen LogP contribution is -2.18. The van der Waals surface area contributed by atoms with Crippen LogP contribution in [-0.2, 0) is 0 Å². The van der Waals surface area contributed by atoms with Crippen molar-refractivity contribution < 1.29 is 0 Å². The molecule has 0 saturated carbocycles. The molecule has 0 amide bonds. The zero-order chi connectivity index (χ0) is 14.1. The number of hydrogen-bond donors (Lipinski definition) is 0. The monoisotopic (exact) mass is 290 g/mol. The molecule has 0 aromatic carbocycles. The van der Waals surface area contributed by atoms with Crippen LogP contribution in [0.25, 0.3) is 0 Å². The Morgan fingerprint density at radius 3 is 1.22 bits per heavy atom. The van der Waals surface area contributed by atoms with Crippen molar-refractivity contribution in [3.8, 4) is 0 Å². The van der Waals surface area contributed by atoms with Crippen LogP contribution in [0.1, 0.15) is 92.9 Å². The first kappa shape index (κ1) is 18.7. The third-order valence-electron chi connectivity index (χ3n) is 3.26. The molecule has 18 heavy (non-hydrogen) atoms. The molecule has 0 fully saturated rings. The maximum atomic E-state index is 2.41. The van der Waals surface area contributed by atoms with Gasteiger partial charge in [-0.3, -0.25) is 0 Å². The topological polar surface area (TPSA) is 0 Å². The van der Waals surface area contributed by atoms with E-state index in [9.17, 15) is 0 Å². The SMILES string of the molecule is CCCCCC(C)(C)SSC(C)(C)CCCCC. The first-order chi connectivity index (χ1) is 8.33. The average Bonchev–Trinajstić information content (AvgIpc) is 2.27. The van der Waals surface area contributed by atoms with Crippen LogP contribution < -0.4 is 0 Å². The summed E-state index contributed by atoms with van der Waals surface area (Å²) >= 11 is 0. The summed E-state index contributed by atoms with van der Waals surface area (Å²) in [7, 11) is 4.22. The zero-order valence-corrected chi connectivity index (χ0v) is 15.1. The van der Waals surface area contributed by atoms with E-state index in [2.05, 4.69) is 63.1 Å². The molecule has 2 heteroatoms. The van der Waals surface area contributed by atoms with Gasteiger partial charge in [-0.2, -0.15) is 0 Å². The fourth-order valence-corrected chi connectivity index (χ4v) is 4.67. The van der Waals surface area contributed by atoms with Crippen LogP contribution in [0.2, 0.25) is 0 Å². The predicted octanol–water partition coefficient (Wildman–Crippen LogP) is 7.09. The smallest absolute Gasteiger partial charge is 0.0207 e. The quantitative estimate of drug-likeness (QED) is 0.294. The van der Waals surface area contributed by atoms with Gasteiger partial charge >= 0.3 is 0 Å². The van der Waals surface area contributed by atoms with Crippen LogP contribution in [0.15, 0.2) is 0 Å². The second-order valence-corrected chi connectivity index (χ2v) is 10.1. The van der Waals surface area contributed by atoms with E-state index >= 15 is 0 Å². The minimum Gasteiger partial charge on any atom is -0.0873 e. The average molecular weight is 291 g/mol. The van der Waals surface area contributed by atoms with Crippen LogP contribution in [-0.4, -0.2) is 9.49 Å². The molecule has 0 atom stereocenters. The van der Waals surface area contributed by atoms with Crippen molar-refractivity contribution in [3.63, 3.8) is 0 Å². The summed E-state index contributed by atoms with van der Waals surface area (Å²) in [6.07, 6.45) is 10.9. The van der Waals surface area contributed by atoms with Crippen LogP contribution in [0.5, 0.6) is 0 Å². The molecule has 0 aliphatic rings. The van der Waals surface area contributed by atoms with Gasteiger partial charge in [0.1, 0.15) is 0 Å².